The van der Waals surface area contributed by atoms with E-state index in [-0.39, 0.29) is 17.2 Å². The molecule has 0 saturated carbocycles. The zero-order chi connectivity index (χ0) is 20.4. The predicted molar refractivity (Wildman–Crippen MR) is 123 cm³/mol. The van der Waals surface area contributed by atoms with Crippen LogP contribution < -0.4 is 10.4 Å². The Morgan fingerprint density at radius 3 is 1.82 bits per heavy atom. The average Bonchev–Trinajstić information content (AvgIpc) is 3.39. The Labute approximate surface area is 172 Å². The van der Waals surface area contributed by atoms with Crippen LogP contribution in [0.4, 0.5) is 0 Å². The first-order chi connectivity index (χ1) is 13.1. The molecule has 3 rings (SSSR count). The van der Waals surface area contributed by atoms with Crippen LogP contribution >= 0.6 is 0 Å². The van der Waals surface area contributed by atoms with Gasteiger partial charge in [0.05, 0.1) is 6.61 Å². The molecule has 0 aliphatic carbocycles. The van der Waals surface area contributed by atoms with Gasteiger partial charge < -0.3 is 9.16 Å². The van der Waals surface area contributed by atoms with Crippen molar-refractivity contribution in [3.05, 3.63) is 60.7 Å². The molecule has 4 heteroatoms. The van der Waals surface area contributed by atoms with E-state index in [1.165, 1.54) is 10.4 Å². The van der Waals surface area contributed by atoms with Crippen molar-refractivity contribution in [3.8, 4) is 11.5 Å². The maximum Gasteiger partial charge on any atom is 0.261 e. The van der Waals surface area contributed by atoms with Crippen molar-refractivity contribution in [2.24, 2.45) is 0 Å². The number of hydrogen-bond acceptors (Lipinski definition) is 2. The van der Waals surface area contributed by atoms with Crippen LogP contribution in [0, 0.1) is 11.5 Å². The third kappa shape index (κ3) is 4.67. The highest BCUT2D eigenvalue weighted by atomic mass is 28.4. The Balaban J connectivity index is 1.91. The van der Waals surface area contributed by atoms with Gasteiger partial charge in [-0.25, -0.2) is 0 Å². The van der Waals surface area contributed by atoms with Gasteiger partial charge in [-0.3, -0.25) is 0 Å². The molecule has 1 aliphatic rings. The number of hydrogen-bond donors (Lipinski definition) is 0. The Morgan fingerprint density at radius 1 is 0.893 bits per heavy atom. The quantitative estimate of drug-likeness (QED) is 0.420. The fourth-order valence-electron chi connectivity index (χ4n) is 3.65. The second kappa shape index (κ2) is 8.00. The van der Waals surface area contributed by atoms with Gasteiger partial charge >= 0.3 is 0 Å². The van der Waals surface area contributed by atoms with E-state index in [9.17, 15) is 0 Å². The van der Waals surface area contributed by atoms with E-state index >= 15 is 0 Å². The Hall–Kier alpha value is -1.65. The second-order valence-corrected chi connectivity index (χ2v) is 18.6. The molecule has 0 radical (unpaired) electrons. The number of rotatable bonds is 5. The maximum absolute atomic E-state index is 6.91. The zero-order valence-electron chi connectivity index (χ0n) is 18.0. The van der Waals surface area contributed by atoms with Crippen molar-refractivity contribution in [1.29, 1.82) is 0 Å². The van der Waals surface area contributed by atoms with Gasteiger partial charge in [0.15, 0.2) is 0 Å². The van der Waals surface area contributed by atoms with Gasteiger partial charge in [0.2, 0.25) is 0 Å². The van der Waals surface area contributed by atoms with E-state index in [1.807, 2.05) is 0 Å². The third-order valence-electron chi connectivity index (χ3n) is 5.05. The molecular weight excluding hydrogens is 376 g/mol. The minimum absolute atomic E-state index is 0.00983. The molecule has 148 valence electrons. The SMILES string of the molecule is CC(C)(C)[Si](OC[C@H]1OC1C#C[Si](C)(C)C)(c1ccccc1)c1ccccc1. The van der Waals surface area contributed by atoms with Gasteiger partial charge in [-0.1, -0.05) is 107 Å². The van der Waals surface area contributed by atoms with Crippen LogP contribution in [-0.4, -0.2) is 35.2 Å². The molecule has 2 aromatic carbocycles. The van der Waals surface area contributed by atoms with Crippen molar-refractivity contribution in [3.63, 3.8) is 0 Å². The molecule has 1 saturated heterocycles. The lowest BCUT2D eigenvalue weighted by atomic mass is 10.2. The monoisotopic (exact) mass is 408 g/mol. The van der Waals surface area contributed by atoms with E-state index in [0.717, 1.165) is 0 Å². The summed E-state index contributed by atoms with van der Waals surface area (Å²) in [5.41, 5.74) is 3.42. The fourth-order valence-corrected chi connectivity index (χ4v) is 8.80. The normalized spacial score (nSPS) is 19.6. The van der Waals surface area contributed by atoms with Gasteiger partial charge in [0, 0.05) is 0 Å². The van der Waals surface area contributed by atoms with E-state index in [2.05, 4.69) is 113 Å². The Kier molecular flexibility index (Phi) is 6.02. The van der Waals surface area contributed by atoms with Gasteiger partial charge in [-0.2, -0.15) is 0 Å². The summed E-state index contributed by atoms with van der Waals surface area (Å²) in [6, 6.07) is 21.5. The van der Waals surface area contributed by atoms with Crippen molar-refractivity contribution >= 4 is 26.8 Å². The molecule has 2 nitrogen and oxygen atoms in total. The van der Waals surface area contributed by atoms with Crippen molar-refractivity contribution in [1.82, 2.24) is 0 Å². The summed E-state index contributed by atoms with van der Waals surface area (Å²) in [6.45, 7) is 14.3. The molecule has 2 aromatic rings. The van der Waals surface area contributed by atoms with Gasteiger partial charge in [0.25, 0.3) is 8.32 Å². The highest BCUT2D eigenvalue weighted by Crippen LogP contribution is 2.37. The molecule has 0 N–H and O–H groups in total. The lowest BCUT2D eigenvalue weighted by molar-refractivity contribution is 0.249. The van der Waals surface area contributed by atoms with Crippen LogP contribution in [-0.2, 0) is 9.16 Å². The van der Waals surface area contributed by atoms with Crippen LogP contribution in [0.5, 0.6) is 0 Å². The molecule has 0 amide bonds. The second-order valence-electron chi connectivity index (χ2n) is 9.59. The third-order valence-corrected chi connectivity index (χ3v) is 11.0. The minimum Gasteiger partial charge on any atom is -0.405 e. The molecule has 2 atom stereocenters. The Bertz CT molecular complexity index is 800. The van der Waals surface area contributed by atoms with Crippen LogP contribution in [0.15, 0.2) is 60.7 Å². The van der Waals surface area contributed by atoms with Crippen LogP contribution in [0.1, 0.15) is 20.8 Å². The molecule has 1 unspecified atom stereocenters. The van der Waals surface area contributed by atoms with E-state index in [1.54, 1.807) is 0 Å². The lowest BCUT2D eigenvalue weighted by Gasteiger charge is -2.43. The highest BCUT2D eigenvalue weighted by Gasteiger charge is 2.52. The number of benzene rings is 2. The van der Waals surface area contributed by atoms with Crippen molar-refractivity contribution in [2.75, 3.05) is 6.61 Å². The summed E-state index contributed by atoms with van der Waals surface area (Å²) in [4.78, 5) is 0. The molecule has 1 aliphatic heterocycles. The molecule has 1 fully saturated rings. The molecule has 28 heavy (non-hydrogen) atoms. The van der Waals surface area contributed by atoms with Gasteiger partial charge in [0.1, 0.15) is 20.3 Å². The molecular formula is C24H32O2Si2. The Morgan fingerprint density at radius 2 is 1.39 bits per heavy atom. The zero-order valence-corrected chi connectivity index (χ0v) is 20.0. The van der Waals surface area contributed by atoms with Gasteiger partial charge in [-0.15, -0.1) is 5.54 Å². The molecule has 0 bridgehead atoms. The first-order valence-corrected chi connectivity index (χ1v) is 15.5. The standard InChI is InChI=1S/C24H32O2Si2/c1-24(2,3)28(20-13-9-7-10-14-20,21-15-11-8-12-16-21)25-19-23-22(26-23)17-18-27(4,5)6/h7-16,22-23H,19H2,1-6H3/t22?,23-/m1/s1. The van der Waals surface area contributed by atoms with Crippen molar-refractivity contribution < 1.29 is 9.16 Å². The average molecular weight is 409 g/mol. The molecule has 0 spiro atoms. The van der Waals surface area contributed by atoms with E-state index in [4.69, 9.17) is 9.16 Å². The van der Waals surface area contributed by atoms with Crippen LogP contribution in [0.2, 0.25) is 24.7 Å². The summed E-state index contributed by atoms with van der Waals surface area (Å²) in [5, 5.41) is 2.60. The molecule has 0 aromatic heterocycles. The summed E-state index contributed by atoms with van der Waals surface area (Å²) in [6.07, 6.45) is 0.121. The van der Waals surface area contributed by atoms with E-state index < -0.39 is 16.4 Å². The first kappa shape index (κ1) is 21.1. The van der Waals surface area contributed by atoms with Crippen LogP contribution in [0.25, 0.3) is 0 Å². The summed E-state index contributed by atoms with van der Waals surface area (Å²) in [5.74, 6) is 3.33. The van der Waals surface area contributed by atoms with E-state index in [0.29, 0.717) is 6.61 Å². The summed E-state index contributed by atoms with van der Waals surface area (Å²) >= 11 is 0. The number of epoxide rings is 1. The van der Waals surface area contributed by atoms with Crippen molar-refractivity contribution in [2.45, 2.75) is 57.7 Å². The fraction of sp³-hybridized carbons (Fsp3) is 0.417. The highest BCUT2D eigenvalue weighted by molar-refractivity contribution is 6.99. The summed E-state index contributed by atoms with van der Waals surface area (Å²) in [7, 11) is -3.86. The number of ether oxygens (including phenoxy) is 1. The topological polar surface area (TPSA) is 21.8 Å². The van der Waals surface area contributed by atoms with Crippen LogP contribution in [0.3, 0.4) is 0 Å². The smallest absolute Gasteiger partial charge is 0.261 e. The molecule has 1 heterocycles. The first-order valence-electron chi connectivity index (χ1n) is 10.1. The predicted octanol–water partition coefficient (Wildman–Crippen LogP) is 4.21. The maximum atomic E-state index is 6.91. The minimum atomic E-state index is -2.48. The van der Waals surface area contributed by atoms with Gasteiger partial charge in [-0.05, 0) is 15.4 Å². The largest absolute Gasteiger partial charge is 0.405 e. The summed E-state index contributed by atoms with van der Waals surface area (Å²) < 4.78 is 12.7. The lowest BCUT2D eigenvalue weighted by Crippen LogP contribution is -2.66.